The number of anilines is 1. The van der Waals surface area contributed by atoms with Crippen LogP contribution in [0.15, 0.2) is 47.5 Å². The number of hydrogen-bond donors (Lipinski definition) is 1. The van der Waals surface area contributed by atoms with E-state index in [9.17, 15) is 9.59 Å². The molecule has 2 saturated carbocycles. The Kier molecular flexibility index (Phi) is 7.75. The summed E-state index contributed by atoms with van der Waals surface area (Å²) in [4.78, 5) is 30.5. The molecule has 2 aromatic carbocycles. The summed E-state index contributed by atoms with van der Waals surface area (Å²) in [5.41, 5.74) is 6.30. The van der Waals surface area contributed by atoms with Crippen LogP contribution in [0, 0.1) is 11.8 Å². The van der Waals surface area contributed by atoms with Gasteiger partial charge in [-0.3, -0.25) is 14.6 Å². The maximum Gasteiger partial charge on any atom is 0.227 e. The van der Waals surface area contributed by atoms with Crippen molar-refractivity contribution in [3.63, 3.8) is 0 Å². The minimum absolute atomic E-state index is 0.148. The fourth-order valence-corrected chi connectivity index (χ4v) is 5.98. The van der Waals surface area contributed by atoms with E-state index in [1.807, 2.05) is 12.1 Å². The number of nitrogens with zero attached hydrogens (tertiary/aromatic N) is 1. The van der Waals surface area contributed by atoms with E-state index < -0.39 is 0 Å². The van der Waals surface area contributed by atoms with Crippen molar-refractivity contribution in [3.05, 3.63) is 59.2 Å². The fraction of sp³-hybridized carbons (Fsp3) is 0.516. The van der Waals surface area contributed by atoms with Gasteiger partial charge in [0.1, 0.15) is 5.78 Å². The predicted molar refractivity (Wildman–Crippen MR) is 143 cm³/mol. The van der Waals surface area contributed by atoms with Gasteiger partial charge in [0.05, 0.1) is 11.4 Å². The van der Waals surface area contributed by atoms with E-state index in [4.69, 9.17) is 4.99 Å². The minimum atomic E-state index is 0.148. The molecule has 2 aromatic rings. The van der Waals surface area contributed by atoms with Crippen molar-refractivity contribution < 1.29 is 9.59 Å². The molecule has 2 aliphatic carbocycles. The first kappa shape index (κ1) is 24.0. The highest BCUT2D eigenvalue weighted by atomic mass is 16.2. The van der Waals surface area contributed by atoms with Crippen LogP contribution in [0.25, 0.3) is 0 Å². The number of hydrogen-bond acceptors (Lipinski definition) is 3. The molecule has 1 amide bonds. The molecule has 0 unspecified atom stereocenters. The van der Waals surface area contributed by atoms with Crippen molar-refractivity contribution in [2.45, 2.75) is 89.9 Å². The molecular weight excluding hydrogens is 432 g/mol. The van der Waals surface area contributed by atoms with E-state index in [0.717, 1.165) is 73.2 Å². The van der Waals surface area contributed by atoms with Gasteiger partial charge in [-0.1, -0.05) is 75.6 Å². The van der Waals surface area contributed by atoms with Gasteiger partial charge in [0.15, 0.2) is 0 Å². The maximum atomic E-state index is 12.9. The lowest BCUT2D eigenvalue weighted by Crippen LogP contribution is -2.22. The monoisotopic (exact) mass is 470 g/mol. The normalized spacial score (nSPS) is 19.4. The number of nitrogens with one attached hydrogen (secondary N) is 1. The van der Waals surface area contributed by atoms with Gasteiger partial charge in [0.25, 0.3) is 0 Å². The number of fused-ring (bicyclic) bond motifs is 1. The van der Waals surface area contributed by atoms with Crippen LogP contribution in [0.5, 0.6) is 0 Å². The lowest BCUT2D eigenvalue weighted by atomic mass is 9.91. The zero-order chi connectivity index (χ0) is 24.0. The lowest BCUT2D eigenvalue weighted by Gasteiger charge is -2.14. The molecule has 1 aliphatic heterocycles. The molecule has 0 spiro atoms. The summed E-state index contributed by atoms with van der Waals surface area (Å²) in [6, 6.07) is 14.5. The number of carbonyl (C=O) groups is 2. The predicted octanol–water partition coefficient (Wildman–Crippen LogP) is 7.35. The van der Waals surface area contributed by atoms with Gasteiger partial charge in [-0.2, -0.15) is 0 Å². The van der Waals surface area contributed by atoms with Crippen LogP contribution in [0.3, 0.4) is 0 Å². The highest BCUT2D eigenvalue weighted by Crippen LogP contribution is 2.32. The molecule has 0 saturated heterocycles. The van der Waals surface area contributed by atoms with Crippen LogP contribution in [0.1, 0.15) is 93.7 Å². The lowest BCUT2D eigenvalue weighted by molar-refractivity contribution is -0.122. The Morgan fingerprint density at radius 1 is 0.771 bits per heavy atom. The molecule has 2 fully saturated rings. The van der Waals surface area contributed by atoms with E-state index in [1.54, 1.807) is 0 Å². The summed E-state index contributed by atoms with van der Waals surface area (Å²) in [5.74, 6) is 0.952. The Labute approximate surface area is 209 Å². The van der Waals surface area contributed by atoms with Crippen LogP contribution in [0.4, 0.5) is 11.4 Å². The smallest absolute Gasteiger partial charge is 0.227 e. The molecule has 1 N–H and O–H groups in total. The van der Waals surface area contributed by atoms with Gasteiger partial charge in [-0.05, 0) is 60.6 Å². The van der Waals surface area contributed by atoms with E-state index in [1.165, 1.54) is 44.1 Å². The van der Waals surface area contributed by atoms with Crippen LogP contribution in [-0.4, -0.2) is 17.4 Å². The van der Waals surface area contributed by atoms with Gasteiger partial charge in [-0.25, -0.2) is 0 Å². The Hall–Kier alpha value is -2.75. The Bertz CT molecular complexity index is 1070. The first-order chi connectivity index (χ1) is 17.2. The molecule has 1 heterocycles. The third-order valence-corrected chi connectivity index (χ3v) is 8.16. The Morgan fingerprint density at radius 2 is 1.40 bits per heavy atom. The SMILES string of the molecule is O=C(Cc1ccc2c(c1)N=C(c1ccc(NC(=O)C3CCCCCC3)cc1)C2)C1CCCCCC1. The largest absolute Gasteiger partial charge is 0.326 e. The molecule has 35 heavy (non-hydrogen) atoms. The maximum absolute atomic E-state index is 12.9. The second-order valence-electron chi connectivity index (χ2n) is 10.8. The number of ketones is 1. The third-order valence-electron chi connectivity index (χ3n) is 8.16. The average Bonchev–Trinajstić information content (AvgIpc) is 3.06. The molecule has 184 valence electrons. The van der Waals surface area contributed by atoms with E-state index in [2.05, 4.69) is 35.6 Å². The van der Waals surface area contributed by atoms with Crippen molar-refractivity contribution in [3.8, 4) is 0 Å². The summed E-state index contributed by atoms with van der Waals surface area (Å²) in [7, 11) is 0. The third kappa shape index (κ3) is 6.09. The van der Waals surface area contributed by atoms with Gasteiger partial charge in [0, 0.05) is 30.4 Å². The average molecular weight is 471 g/mol. The zero-order valence-corrected chi connectivity index (χ0v) is 20.9. The number of rotatable bonds is 6. The first-order valence-electron chi connectivity index (χ1n) is 13.8. The summed E-state index contributed by atoms with van der Waals surface area (Å²) in [6.07, 6.45) is 15.2. The molecule has 5 rings (SSSR count). The highest BCUT2D eigenvalue weighted by Gasteiger charge is 2.23. The second-order valence-corrected chi connectivity index (χ2v) is 10.8. The van der Waals surface area contributed by atoms with Gasteiger partial charge < -0.3 is 5.32 Å². The van der Waals surface area contributed by atoms with Crippen molar-refractivity contribution in [2.24, 2.45) is 16.8 Å². The number of Topliss-reactive ketones (excluding diaryl/α,β-unsaturated/α-hetero) is 1. The Morgan fingerprint density at radius 3 is 2.06 bits per heavy atom. The van der Waals surface area contributed by atoms with Crippen molar-refractivity contribution >= 4 is 28.8 Å². The quantitative estimate of drug-likeness (QED) is 0.449. The number of amides is 1. The van der Waals surface area contributed by atoms with E-state index >= 15 is 0 Å². The Balaban J connectivity index is 1.21. The second kappa shape index (κ2) is 11.3. The van der Waals surface area contributed by atoms with Gasteiger partial charge >= 0.3 is 0 Å². The molecule has 0 aromatic heterocycles. The minimum Gasteiger partial charge on any atom is -0.326 e. The topological polar surface area (TPSA) is 58.5 Å². The molecule has 0 radical (unpaired) electrons. The summed E-state index contributed by atoms with van der Waals surface area (Å²) in [5, 5.41) is 3.12. The van der Waals surface area contributed by atoms with Gasteiger partial charge in [-0.15, -0.1) is 0 Å². The van der Waals surface area contributed by atoms with Crippen molar-refractivity contribution in [1.29, 1.82) is 0 Å². The first-order valence-corrected chi connectivity index (χ1v) is 13.8. The molecule has 4 heteroatoms. The number of aliphatic imine (C=N–C) groups is 1. The van der Waals surface area contributed by atoms with Crippen LogP contribution in [0.2, 0.25) is 0 Å². The molecule has 4 nitrogen and oxygen atoms in total. The fourth-order valence-electron chi connectivity index (χ4n) is 5.98. The summed E-state index contributed by atoms with van der Waals surface area (Å²) >= 11 is 0. The van der Waals surface area contributed by atoms with Crippen molar-refractivity contribution in [1.82, 2.24) is 0 Å². The summed E-state index contributed by atoms with van der Waals surface area (Å²) in [6.45, 7) is 0. The molecule has 0 bridgehead atoms. The highest BCUT2D eigenvalue weighted by molar-refractivity contribution is 6.07. The van der Waals surface area contributed by atoms with Crippen molar-refractivity contribution in [2.75, 3.05) is 5.32 Å². The van der Waals surface area contributed by atoms with E-state index in [0.29, 0.717) is 12.2 Å². The standard InChI is InChI=1S/C31H38N2O2/c34-30(24-9-5-1-2-6-10-24)20-22-13-14-26-21-29(33-28(26)19-22)23-15-17-27(18-16-23)32-31(35)25-11-7-3-4-8-12-25/h13-19,24-25H,1-12,20-21H2,(H,32,35). The molecular formula is C31H38N2O2. The van der Waals surface area contributed by atoms with Crippen LogP contribution >= 0.6 is 0 Å². The van der Waals surface area contributed by atoms with Gasteiger partial charge in [0.2, 0.25) is 5.91 Å². The molecule has 3 aliphatic rings. The van der Waals surface area contributed by atoms with E-state index in [-0.39, 0.29) is 17.7 Å². The molecule has 0 atom stereocenters. The van der Waals surface area contributed by atoms with Crippen LogP contribution < -0.4 is 5.32 Å². The summed E-state index contributed by atoms with van der Waals surface area (Å²) < 4.78 is 0. The zero-order valence-electron chi connectivity index (χ0n) is 20.9. The van der Waals surface area contributed by atoms with Crippen LogP contribution in [-0.2, 0) is 22.4 Å². The number of benzene rings is 2. The number of carbonyl (C=O) groups excluding carboxylic acids is 2.